The van der Waals surface area contributed by atoms with Gasteiger partial charge in [-0.2, -0.15) is 0 Å². The number of aryl methyl sites for hydroxylation is 1. The fourth-order valence-electron chi connectivity index (χ4n) is 9.34. The van der Waals surface area contributed by atoms with Crippen molar-refractivity contribution < 1.29 is 26.2 Å². The third kappa shape index (κ3) is 9.99. The van der Waals surface area contributed by atoms with E-state index in [1.54, 1.807) is 0 Å². The normalized spacial score (nSPS) is 12.3. The number of aromatic nitrogens is 3. The Balaban J connectivity index is 0.00000659. The molecular weight excluding hydrogens is 1030 g/mol. The number of rotatable bonds is 7. The molecule has 70 heavy (non-hydrogen) atoms. The minimum atomic E-state index is -0.331. The molecule has 9 rings (SSSR count). The van der Waals surface area contributed by atoms with Crippen molar-refractivity contribution in [1.29, 1.82) is 0 Å². The molecule has 0 fully saturated rings. The molecule has 0 amide bonds. The molecule has 0 aliphatic carbocycles. The molecule has 0 aliphatic rings. The largest absolute Gasteiger partial charge is 0.507 e. The van der Waals surface area contributed by atoms with Crippen LogP contribution in [0.25, 0.3) is 83.9 Å². The first kappa shape index (κ1) is 50.0. The van der Waals surface area contributed by atoms with Crippen LogP contribution in [0.3, 0.4) is 0 Å². The molecule has 0 atom stereocenters. The third-order valence-electron chi connectivity index (χ3n) is 13.6. The van der Waals surface area contributed by atoms with Gasteiger partial charge >= 0.3 is 0 Å². The van der Waals surface area contributed by atoms with E-state index in [9.17, 15) is 5.11 Å². The van der Waals surface area contributed by atoms with Gasteiger partial charge in [-0.1, -0.05) is 209 Å². The van der Waals surface area contributed by atoms with Gasteiger partial charge in [-0.25, -0.2) is 4.98 Å². The Morgan fingerprint density at radius 2 is 1.03 bits per heavy atom. The molecule has 0 unspecified atom stereocenters. The predicted molar refractivity (Wildman–Crippen MR) is 292 cm³/mol. The van der Waals surface area contributed by atoms with Crippen molar-refractivity contribution in [3.05, 3.63) is 192 Å². The molecule has 9 aromatic rings. The zero-order valence-electron chi connectivity index (χ0n) is 43.1. The van der Waals surface area contributed by atoms with E-state index in [0.29, 0.717) is 11.4 Å². The molecule has 1 N–H and O–H groups in total. The van der Waals surface area contributed by atoms with Crippen LogP contribution in [0.4, 0.5) is 0 Å². The summed E-state index contributed by atoms with van der Waals surface area (Å²) in [4.78, 5) is 10.6. The Kier molecular flexibility index (Phi) is 13.4. The number of hydrogen-bond acceptors (Lipinski definition) is 3. The van der Waals surface area contributed by atoms with Crippen LogP contribution in [-0.2, 0) is 42.7 Å². The topological polar surface area (TPSA) is 50.9 Å². The maximum absolute atomic E-state index is 12.6. The van der Waals surface area contributed by atoms with Gasteiger partial charge in [-0.05, 0) is 109 Å². The second-order valence-corrected chi connectivity index (χ2v) is 23.0. The zero-order valence-corrected chi connectivity index (χ0v) is 45.4. The van der Waals surface area contributed by atoms with Gasteiger partial charge in [0, 0.05) is 38.5 Å². The molecule has 7 aromatic carbocycles. The molecule has 0 spiro atoms. The molecule has 2 aromatic heterocycles. The standard InChI is InChI=1S/C65H66N3O.Pt/c1-41-31-44(47-35-50(62(2,3)4)38-51(36-47)63(5,6)7)27-28-57(41)68-58-26-20-25-53(59(58)67-61(68)54-39-52(64(8,9)10)40-55(60(54)69)65(11,12)13)48-32-46(43-23-18-15-19-24-43)33-49(34-48)56-37-45(29-30-66-56)42-21-16-14-17-22-42;/h14-33,35-40,69H,1-13H3;/q-1;. The first-order valence-corrected chi connectivity index (χ1v) is 24.4. The number of phenols is 1. The smallest absolute Gasteiger partial charge is 0.148 e. The number of benzene rings is 7. The summed E-state index contributed by atoms with van der Waals surface area (Å²) in [6.07, 6.45) is 1.89. The van der Waals surface area contributed by atoms with Crippen LogP contribution in [0, 0.1) is 13.0 Å². The number of hydrogen-bond donors (Lipinski definition) is 1. The number of phenolic OH excluding ortho intramolecular Hbond substituents is 1. The van der Waals surface area contributed by atoms with Crippen LogP contribution < -0.4 is 0 Å². The maximum atomic E-state index is 12.6. The van der Waals surface area contributed by atoms with Crippen molar-refractivity contribution in [2.75, 3.05) is 0 Å². The minimum absolute atomic E-state index is 0. The Morgan fingerprint density at radius 1 is 0.471 bits per heavy atom. The molecule has 5 heteroatoms. The maximum Gasteiger partial charge on any atom is 0.148 e. The Bertz CT molecular complexity index is 3340. The van der Waals surface area contributed by atoms with Crippen LogP contribution in [0.1, 0.15) is 111 Å². The summed E-state index contributed by atoms with van der Waals surface area (Å²) in [7, 11) is 0. The first-order valence-electron chi connectivity index (χ1n) is 24.4. The van der Waals surface area contributed by atoms with E-state index in [0.717, 1.165) is 83.6 Å². The summed E-state index contributed by atoms with van der Waals surface area (Å²) < 4.78 is 2.27. The molecule has 0 aliphatic heterocycles. The second kappa shape index (κ2) is 18.8. The van der Waals surface area contributed by atoms with Gasteiger partial charge in [0.25, 0.3) is 0 Å². The van der Waals surface area contributed by atoms with Crippen molar-refractivity contribution in [3.63, 3.8) is 0 Å². The van der Waals surface area contributed by atoms with Crippen molar-refractivity contribution in [2.45, 2.75) is 112 Å². The number of pyridine rings is 1. The quantitative estimate of drug-likeness (QED) is 0.162. The summed E-state index contributed by atoms with van der Waals surface area (Å²) in [5, 5.41) is 12.6. The van der Waals surface area contributed by atoms with Crippen molar-refractivity contribution in [1.82, 2.24) is 14.5 Å². The number of fused-ring (bicyclic) bond motifs is 1. The SMILES string of the molecule is Cc1cc(-c2cc(C(C)(C)C)cc(C(C)(C)C)c2)ccc1-n1c(-c2cc(C(C)(C)C)cc(C(C)(C)C)c2O)nc2c(-c3[c-]c(-c4cc(-c5ccccc5)ccn4)cc(-c4ccccc4)c3)cccc21.[Pt]. The van der Waals surface area contributed by atoms with Crippen molar-refractivity contribution in [2.24, 2.45) is 0 Å². The van der Waals surface area contributed by atoms with Crippen LogP contribution >= 0.6 is 0 Å². The summed E-state index contributed by atoms with van der Waals surface area (Å²) in [5.41, 5.74) is 19.0. The molecule has 0 radical (unpaired) electrons. The Labute approximate surface area is 431 Å². The Morgan fingerprint density at radius 3 is 1.61 bits per heavy atom. The van der Waals surface area contributed by atoms with Crippen LogP contribution in [0.5, 0.6) is 5.75 Å². The van der Waals surface area contributed by atoms with E-state index < -0.39 is 0 Å². The van der Waals surface area contributed by atoms with E-state index >= 15 is 0 Å². The fourth-order valence-corrected chi connectivity index (χ4v) is 9.34. The van der Waals surface area contributed by atoms with Crippen LogP contribution in [0.2, 0.25) is 0 Å². The van der Waals surface area contributed by atoms with Gasteiger partial charge in [0.1, 0.15) is 11.6 Å². The van der Waals surface area contributed by atoms with E-state index in [1.165, 1.54) is 16.7 Å². The number of para-hydroxylation sites is 1. The van der Waals surface area contributed by atoms with Gasteiger partial charge in [0.05, 0.1) is 22.3 Å². The molecule has 358 valence electrons. The average molecular weight is 1100 g/mol. The fraction of sp³-hybridized carbons (Fsp3) is 0.262. The minimum Gasteiger partial charge on any atom is -0.507 e. The Hall–Kier alpha value is -6.35. The zero-order chi connectivity index (χ0) is 49.2. The molecule has 2 heterocycles. The van der Waals surface area contributed by atoms with Gasteiger partial charge in [0.2, 0.25) is 0 Å². The van der Waals surface area contributed by atoms with Crippen LogP contribution in [-0.4, -0.2) is 19.6 Å². The summed E-state index contributed by atoms with van der Waals surface area (Å²) in [6, 6.07) is 58.1. The first-order chi connectivity index (χ1) is 32.5. The molecule has 4 nitrogen and oxygen atoms in total. The van der Waals surface area contributed by atoms with Gasteiger partial charge < -0.3 is 5.11 Å². The number of imidazole rings is 1. The van der Waals surface area contributed by atoms with E-state index in [2.05, 4.69) is 246 Å². The predicted octanol–water partition coefficient (Wildman–Crippen LogP) is 17.4. The summed E-state index contributed by atoms with van der Waals surface area (Å²) in [6.45, 7) is 29.1. The molecule has 0 saturated heterocycles. The summed E-state index contributed by atoms with van der Waals surface area (Å²) in [5.74, 6) is 0.935. The van der Waals surface area contributed by atoms with Crippen LogP contribution in [0.15, 0.2) is 158 Å². The van der Waals surface area contributed by atoms with E-state index in [1.807, 2.05) is 12.3 Å². The second-order valence-electron chi connectivity index (χ2n) is 23.0. The number of nitrogens with zero attached hydrogens (tertiary/aromatic N) is 3. The van der Waals surface area contributed by atoms with Gasteiger partial charge in [-0.15, -0.1) is 23.8 Å². The van der Waals surface area contributed by atoms with Crippen molar-refractivity contribution in [3.8, 4) is 78.6 Å². The molecular formula is C65H66N3OPt-. The third-order valence-corrected chi connectivity index (χ3v) is 13.6. The van der Waals surface area contributed by atoms with Gasteiger partial charge in [0.15, 0.2) is 0 Å². The number of aromatic hydroxyl groups is 1. The molecule has 0 bridgehead atoms. The van der Waals surface area contributed by atoms with E-state index in [-0.39, 0.29) is 48.5 Å². The van der Waals surface area contributed by atoms with Gasteiger partial charge in [-0.3, -0.25) is 9.55 Å². The monoisotopic (exact) mass is 1100 g/mol. The summed E-state index contributed by atoms with van der Waals surface area (Å²) >= 11 is 0. The molecule has 0 saturated carbocycles. The van der Waals surface area contributed by atoms with Crippen molar-refractivity contribution >= 4 is 11.0 Å². The average Bonchev–Trinajstić information content (AvgIpc) is 3.70. The van der Waals surface area contributed by atoms with E-state index in [4.69, 9.17) is 9.97 Å².